The number of anilines is 1. The van der Waals surface area contributed by atoms with E-state index in [4.69, 9.17) is 18.0 Å². The quantitative estimate of drug-likeness (QED) is 0.858. The molecule has 4 heteroatoms. The summed E-state index contributed by atoms with van der Waals surface area (Å²) in [5, 5.41) is 0. The smallest absolute Gasteiger partial charge is 0.135 e. The van der Waals surface area contributed by atoms with Crippen LogP contribution in [0.4, 0.5) is 10.1 Å². The molecule has 2 rings (SSSR count). The van der Waals surface area contributed by atoms with Crippen LogP contribution in [0.15, 0.2) is 18.2 Å². The predicted molar refractivity (Wildman–Crippen MR) is 86.7 cm³/mol. The summed E-state index contributed by atoms with van der Waals surface area (Å²) in [7, 11) is 2.04. The van der Waals surface area contributed by atoms with E-state index in [1.165, 1.54) is 18.9 Å². The molecule has 0 spiro atoms. The van der Waals surface area contributed by atoms with Crippen LogP contribution in [-0.2, 0) is 0 Å². The Balaban J connectivity index is 2.12. The van der Waals surface area contributed by atoms with E-state index in [1.54, 1.807) is 6.07 Å². The molecule has 0 aliphatic heterocycles. The van der Waals surface area contributed by atoms with Crippen LogP contribution < -0.4 is 10.6 Å². The lowest BCUT2D eigenvalue weighted by molar-refractivity contribution is 0.222. The Kier molecular flexibility index (Phi) is 4.33. The summed E-state index contributed by atoms with van der Waals surface area (Å²) in [6, 6.07) is 5.60. The molecule has 0 aromatic heterocycles. The summed E-state index contributed by atoms with van der Waals surface area (Å²) in [5.74, 6) is -0.335. The molecule has 0 unspecified atom stereocenters. The van der Waals surface area contributed by atoms with Gasteiger partial charge >= 0.3 is 0 Å². The van der Waals surface area contributed by atoms with Crippen molar-refractivity contribution in [3.63, 3.8) is 0 Å². The summed E-state index contributed by atoms with van der Waals surface area (Å²) >= 11 is 4.83. The Morgan fingerprint density at radius 2 is 1.95 bits per heavy atom. The van der Waals surface area contributed by atoms with Crippen molar-refractivity contribution in [3.05, 3.63) is 29.6 Å². The minimum atomic E-state index is -0.335. The van der Waals surface area contributed by atoms with E-state index < -0.39 is 0 Å². The number of nitrogens with two attached hydrogens (primary N) is 1. The summed E-state index contributed by atoms with van der Waals surface area (Å²) in [4.78, 5) is 2.29. The molecule has 2 N–H and O–H groups in total. The first-order chi connectivity index (χ1) is 9.30. The Labute approximate surface area is 126 Å². The maximum absolute atomic E-state index is 14.0. The van der Waals surface area contributed by atoms with E-state index in [0.717, 1.165) is 18.5 Å². The summed E-state index contributed by atoms with van der Waals surface area (Å²) in [5.41, 5.74) is 7.15. The predicted octanol–water partition coefficient (Wildman–Crippen LogP) is 3.86. The van der Waals surface area contributed by atoms with Crippen molar-refractivity contribution in [3.8, 4) is 0 Å². The fourth-order valence-corrected chi connectivity index (χ4v) is 3.07. The zero-order chi connectivity index (χ0) is 14.9. The third-order valence-corrected chi connectivity index (χ3v) is 4.70. The molecule has 2 nitrogen and oxygen atoms in total. The molecule has 1 aliphatic carbocycles. The molecule has 110 valence electrons. The van der Waals surface area contributed by atoms with E-state index in [0.29, 0.717) is 17.0 Å². The number of rotatable bonds is 3. The van der Waals surface area contributed by atoms with Gasteiger partial charge in [0.15, 0.2) is 0 Å². The standard InChI is InChI=1S/C16H23FN2S/c1-16(2)8-6-11(7-9-16)19(3)12-4-5-13(15(18)20)14(17)10-12/h4-5,10-11H,6-9H2,1-3H3,(H2,18,20). The Bertz CT molecular complexity index is 503. The maximum Gasteiger partial charge on any atom is 0.135 e. The van der Waals surface area contributed by atoms with Gasteiger partial charge in [-0.3, -0.25) is 0 Å². The molecule has 1 aliphatic rings. The molecule has 20 heavy (non-hydrogen) atoms. The first-order valence-corrected chi connectivity index (χ1v) is 7.53. The maximum atomic E-state index is 14.0. The van der Waals surface area contributed by atoms with Gasteiger partial charge < -0.3 is 10.6 Å². The van der Waals surface area contributed by atoms with Crippen molar-refractivity contribution in [2.45, 2.75) is 45.6 Å². The third-order valence-electron chi connectivity index (χ3n) is 4.48. The van der Waals surface area contributed by atoms with Crippen LogP contribution >= 0.6 is 12.2 Å². The van der Waals surface area contributed by atoms with E-state index in [2.05, 4.69) is 18.7 Å². The second-order valence-corrected chi connectivity index (χ2v) is 6.97. The van der Waals surface area contributed by atoms with Gasteiger partial charge in [0.25, 0.3) is 0 Å². The Morgan fingerprint density at radius 1 is 1.35 bits per heavy atom. The molecule has 0 atom stereocenters. The molecule has 0 radical (unpaired) electrons. The lowest BCUT2D eigenvalue weighted by Gasteiger charge is -2.39. The Morgan fingerprint density at radius 3 is 2.45 bits per heavy atom. The van der Waals surface area contributed by atoms with E-state index in [9.17, 15) is 4.39 Å². The minimum absolute atomic E-state index is 0.108. The lowest BCUT2D eigenvalue weighted by Crippen LogP contribution is -2.37. The van der Waals surface area contributed by atoms with Crippen molar-refractivity contribution in [2.75, 3.05) is 11.9 Å². The normalized spacial score (nSPS) is 18.8. The van der Waals surface area contributed by atoms with E-state index >= 15 is 0 Å². The molecule has 0 saturated heterocycles. The highest BCUT2D eigenvalue weighted by Gasteiger charge is 2.29. The number of hydrogen-bond acceptors (Lipinski definition) is 2. The average Bonchev–Trinajstić information content (AvgIpc) is 2.37. The summed E-state index contributed by atoms with van der Waals surface area (Å²) in [6.45, 7) is 4.64. The molecule has 0 bridgehead atoms. The highest BCUT2D eigenvalue weighted by atomic mass is 32.1. The highest BCUT2D eigenvalue weighted by molar-refractivity contribution is 7.80. The van der Waals surface area contributed by atoms with Gasteiger partial charge in [-0.1, -0.05) is 26.1 Å². The van der Waals surface area contributed by atoms with Gasteiger partial charge in [-0.25, -0.2) is 4.39 Å². The van der Waals surface area contributed by atoms with Crippen molar-refractivity contribution in [1.82, 2.24) is 0 Å². The van der Waals surface area contributed by atoms with Crippen LogP contribution in [0.5, 0.6) is 0 Å². The second kappa shape index (κ2) is 5.68. The van der Waals surface area contributed by atoms with Crippen LogP contribution in [-0.4, -0.2) is 18.1 Å². The largest absolute Gasteiger partial charge is 0.389 e. The number of benzene rings is 1. The van der Waals surface area contributed by atoms with Crippen LogP contribution in [0.2, 0.25) is 0 Å². The van der Waals surface area contributed by atoms with Crippen LogP contribution in [0.3, 0.4) is 0 Å². The monoisotopic (exact) mass is 294 g/mol. The van der Waals surface area contributed by atoms with Crippen LogP contribution in [0, 0.1) is 11.2 Å². The topological polar surface area (TPSA) is 29.3 Å². The van der Waals surface area contributed by atoms with Gasteiger partial charge in [0.1, 0.15) is 10.8 Å². The number of halogens is 1. The van der Waals surface area contributed by atoms with Crippen molar-refractivity contribution < 1.29 is 4.39 Å². The van der Waals surface area contributed by atoms with Crippen molar-refractivity contribution >= 4 is 22.9 Å². The first kappa shape index (κ1) is 15.2. The highest BCUT2D eigenvalue weighted by Crippen LogP contribution is 2.37. The van der Waals surface area contributed by atoms with Gasteiger partial charge in [0.2, 0.25) is 0 Å². The SMILES string of the molecule is CN(c1ccc(C(N)=S)c(F)c1)C1CCC(C)(C)CC1. The Hall–Kier alpha value is -1.16. The number of hydrogen-bond donors (Lipinski definition) is 1. The van der Waals surface area contributed by atoms with Crippen LogP contribution in [0.1, 0.15) is 45.1 Å². The minimum Gasteiger partial charge on any atom is -0.389 e. The first-order valence-electron chi connectivity index (χ1n) is 7.12. The fraction of sp³-hybridized carbons (Fsp3) is 0.562. The second-order valence-electron chi connectivity index (χ2n) is 6.53. The van der Waals surface area contributed by atoms with E-state index in [-0.39, 0.29) is 10.8 Å². The van der Waals surface area contributed by atoms with Gasteiger partial charge in [-0.05, 0) is 49.3 Å². The zero-order valence-corrected chi connectivity index (χ0v) is 13.3. The fourth-order valence-electron chi connectivity index (χ4n) is 2.91. The number of nitrogens with zero attached hydrogens (tertiary/aromatic N) is 1. The van der Waals surface area contributed by atoms with Gasteiger partial charge in [-0.2, -0.15) is 0 Å². The average molecular weight is 294 g/mol. The molecular formula is C16H23FN2S. The molecule has 1 aromatic rings. The van der Waals surface area contributed by atoms with Gasteiger partial charge in [-0.15, -0.1) is 0 Å². The summed E-state index contributed by atoms with van der Waals surface area (Å²) in [6.07, 6.45) is 4.75. The zero-order valence-electron chi connectivity index (χ0n) is 12.4. The molecule has 1 saturated carbocycles. The van der Waals surface area contributed by atoms with E-state index in [1.807, 2.05) is 13.1 Å². The molecule has 0 amide bonds. The van der Waals surface area contributed by atoms with Crippen molar-refractivity contribution in [1.29, 1.82) is 0 Å². The van der Waals surface area contributed by atoms with Gasteiger partial charge in [0, 0.05) is 24.3 Å². The molecule has 1 aromatic carbocycles. The summed E-state index contributed by atoms with van der Waals surface area (Å²) < 4.78 is 14.0. The number of thiocarbonyl (C=S) groups is 1. The van der Waals surface area contributed by atoms with Gasteiger partial charge in [0.05, 0.1) is 0 Å². The molecule has 1 fully saturated rings. The molecular weight excluding hydrogens is 271 g/mol. The third kappa shape index (κ3) is 3.29. The van der Waals surface area contributed by atoms with Crippen molar-refractivity contribution in [2.24, 2.45) is 11.1 Å². The molecule has 0 heterocycles. The van der Waals surface area contributed by atoms with Crippen LogP contribution in [0.25, 0.3) is 0 Å². The lowest BCUT2D eigenvalue weighted by atomic mass is 9.75.